The molecule has 0 radical (unpaired) electrons. The highest BCUT2D eigenvalue weighted by atomic mass is 32.1. The van der Waals surface area contributed by atoms with Crippen molar-refractivity contribution in [3.05, 3.63) is 65.0 Å². The first-order valence-corrected chi connectivity index (χ1v) is 7.75. The summed E-state index contributed by atoms with van der Waals surface area (Å²) in [5.74, 6) is 1.45. The summed E-state index contributed by atoms with van der Waals surface area (Å²) >= 11 is 5.45. The van der Waals surface area contributed by atoms with Crippen molar-refractivity contribution in [2.45, 2.75) is 13.3 Å². The van der Waals surface area contributed by atoms with E-state index in [0.717, 1.165) is 23.3 Å². The molecule has 1 atom stereocenters. The third-order valence-corrected chi connectivity index (χ3v) is 4.36. The molecule has 0 saturated carbocycles. The van der Waals surface area contributed by atoms with Gasteiger partial charge in [-0.3, -0.25) is 0 Å². The fourth-order valence-electron chi connectivity index (χ4n) is 2.79. The first-order valence-electron chi connectivity index (χ1n) is 7.34. The van der Waals surface area contributed by atoms with Crippen molar-refractivity contribution in [3.63, 3.8) is 0 Å². The van der Waals surface area contributed by atoms with Gasteiger partial charge in [-0.15, -0.1) is 0 Å². The Labute approximate surface area is 138 Å². The number of nitrogens with zero attached hydrogens (tertiary/aromatic N) is 2. The highest BCUT2D eigenvalue weighted by molar-refractivity contribution is 7.80. The summed E-state index contributed by atoms with van der Waals surface area (Å²) in [7, 11) is 0. The average molecular weight is 324 g/mol. The third-order valence-electron chi connectivity index (χ3n) is 3.99. The SMILES string of the molecule is Cc1ccc2c(c1)CC1C(=S)N=C(c3ccc(F)cc3)N=C1O2. The van der Waals surface area contributed by atoms with Gasteiger partial charge in [-0.05, 0) is 49.2 Å². The number of aryl methyl sites for hydroxylation is 1. The van der Waals surface area contributed by atoms with E-state index in [-0.39, 0.29) is 11.7 Å². The summed E-state index contributed by atoms with van der Waals surface area (Å²) in [4.78, 5) is 9.49. The van der Waals surface area contributed by atoms with E-state index in [2.05, 4.69) is 16.1 Å². The lowest BCUT2D eigenvalue weighted by Crippen LogP contribution is -2.36. The van der Waals surface area contributed by atoms with Crippen molar-refractivity contribution >= 4 is 28.9 Å². The second-order valence-corrected chi connectivity index (χ2v) is 6.12. The third kappa shape index (κ3) is 2.57. The standard InChI is InChI=1S/C18H13FN2OS/c1-10-2-7-15-12(8-10)9-14-17(22-15)20-16(21-18(14)23)11-3-5-13(19)6-4-11/h2-8,14H,9H2,1H3. The maximum Gasteiger partial charge on any atom is 0.207 e. The van der Waals surface area contributed by atoms with Crippen LogP contribution in [-0.4, -0.2) is 16.7 Å². The molecule has 1 unspecified atom stereocenters. The van der Waals surface area contributed by atoms with E-state index in [4.69, 9.17) is 17.0 Å². The van der Waals surface area contributed by atoms with Crippen LogP contribution in [-0.2, 0) is 6.42 Å². The highest BCUT2D eigenvalue weighted by Crippen LogP contribution is 2.32. The van der Waals surface area contributed by atoms with E-state index in [1.807, 2.05) is 19.1 Å². The van der Waals surface area contributed by atoms with E-state index >= 15 is 0 Å². The van der Waals surface area contributed by atoms with Crippen LogP contribution < -0.4 is 4.74 Å². The summed E-state index contributed by atoms with van der Waals surface area (Å²) in [6.45, 7) is 2.05. The minimum atomic E-state index is -0.295. The van der Waals surface area contributed by atoms with Crippen LogP contribution in [0.5, 0.6) is 5.75 Å². The van der Waals surface area contributed by atoms with Crippen LogP contribution in [0.3, 0.4) is 0 Å². The molecule has 0 amide bonds. The molecule has 2 aromatic rings. The molecule has 3 nitrogen and oxygen atoms in total. The van der Waals surface area contributed by atoms with Gasteiger partial charge in [0.2, 0.25) is 5.90 Å². The molecule has 2 heterocycles. The number of rotatable bonds is 1. The molecule has 0 aromatic heterocycles. The van der Waals surface area contributed by atoms with Gasteiger partial charge < -0.3 is 4.74 Å². The molecule has 0 fully saturated rings. The summed E-state index contributed by atoms with van der Waals surface area (Å²) in [5.41, 5.74) is 3.03. The van der Waals surface area contributed by atoms with Crippen molar-refractivity contribution < 1.29 is 9.13 Å². The number of halogens is 1. The molecule has 0 spiro atoms. The largest absolute Gasteiger partial charge is 0.442 e. The maximum atomic E-state index is 13.1. The molecule has 0 N–H and O–H groups in total. The van der Waals surface area contributed by atoms with Crippen LogP contribution >= 0.6 is 12.2 Å². The van der Waals surface area contributed by atoms with Crippen molar-refractivity contribution in [2.75, 3.05) is 0 Å². The smallest absolute Gasteiger partial charge is 0.207 e. The van der Waals surface area contributed by atoms with Gasteiger partial charge >= 0.3 is 0 Å². The fraction of sp³-hybridized carbons (Fsp3) is 0.167. The number of hydrogen-bond acceptors (Lipinski definition) is 3. The molecule has 2 aliphatic heterocycles. The zero-order valence-corrected chi connectivity index (χ0v) is 13.2. The van der Waals surface area contributed by atoms with Gasteiger partial charge in [-0.1, -0.05) is 29.9 Å². The maximum absolute atomic E-state index is 13.1. The molecular formula is C18H13FN2OS. The van der Waals surface area contributed by atoms with Gasteiger partial charge in [0.15, 0.2) is 5.84 Å². The normalized spacial score (nSPS) is 19.2. The van der Waals surface area contributed by atoms with Gasteiger partial charge in [-0.2, -0.15) is 4.99 Å². The van der Waals surface area contributed by atoms with Gasteiger partial charge in [0.1, 0.15) is 16.6 Å². The van der Waals surface area contributed by atoms with Crippen molar-refractivity contribution in [1.29, 1.82) is 0 Å². The van der Waals surface area contributed by atoms with Crippen LogP contribution in [0.2, 0.25) is 0 Å². The number of ether oxygens (including phenoxy) is 1. The summed E-state index contributed by atoms with van der Waals surface area (Å²) in [5, 5.41) is 0. The zero-order chi connectivity index (χ0) is 16.0. The van der Waals surface area contributed by atoms with E-state index < -0.39 is 0 Å². The summed E-state index contributed by atoms with van der Waals surface area (Å²) in [6.07, 6.45) is 0.745. The average Bonchev–Trinajstić information content (AvgIpc) is 2.54. The molecule has 2 aromatic carbocycles. The monoisotopic (exact) mass is 324 g/mol. The van der Waals surface area contributed by atoms with Crippen molar-refractivity contribution in [3.8, 4) is 5.75 Å². The first-order chi connectivity index (χ1) is 11.1. The number of thiocarbonyl (C=S) groups is 1. The lowest BCUT2D eigenvalue weighted by atomic mass is 9.93. The van der Waals surface area contributed by atoms with Crippen LogP contribution in [0.25, 0.3) is 0 Å². The molecular weight excluding hydrogens is 311 g/mol. The Morgan fingerprint density at radius 3 is 2.70 bits per heavy atom. The first kappa shape index (κ1) is 14.2. The summed E-state index contributed by atoms with van der Waals surface area (Å²) in [6, 6.07) is 12.1. The minimum absolute atomic E-state index is 0.108. The Balaban J connectivity index is 1.72. The second kappa shape index (κ2) is 5.35. The molecule has 4 rings (SSSR count). The van der Waals surface area contributed by atoms with Gasteiger partial charge in [-0.25, -0.2) is 9.38 Å². The summed E-state index contributed by atoms with van der Waals surface area (Å²) < 4.78 is 19.0. The van der Waals surface area contributed by atoms with Crippen LogP contribution in [0.4, 0.5) is 4.39 Å². The molecule has 5 heteroatoms. The Hall–Kier alpha value is -2.40. The number of hydrogen-bond donors (Lipinski definition) is 0. The highest BCUT2D eigenvalue weighted by Gasteiger charge is 2.33. The minimum Gasteiger partial charge on any atom is -0.442 e. The number of aliphatic imine (C=N–C) groups is 2. The Bertz CT molecular complexity index is 871. The quantitative estimate of drug-likeness (QED) is 0.746. The predicted octanol–water partition coefficient (Wildman–Crippen LogP) is 3.87. The second-order valence-electron chi connectivity index (χ2n) is 5.70. The van der Waals surface area contributed by atoms with Gasteiger partial charge in [0.25, 0.3) is 0 Å². The topological polar surface area (TPSA) is 34.0 Å². The van der Waals surface area contributed by atoms with Crippen molar-refractivity contribution in [1.82, 2.24) is 0 Å². The molecule has 2 aliphatic rings. The molecule has 114 valence electrons. The van der Waals surface area contributed by atoms with E-state index in [1.54, 1.807) is 12.1 Å². The molecule has 0 saturated heterocycles. The van der Waals surface area contributed by atoms with Gasteiger partial charge in [0.05, 0.1) is 5.92 Å². The van der Waals surface area contributed by atoms with E-state index in [9.17, 15) is 4.39 Å². The van der Waals surface area contributed by atoms with E-state index in [0.29, 0.717) is 16.7 Å². The number of amidine groups is 1. The molecule has 0 bridgehead atoms. The molecule has 0 aliphatic carbocycles. The lowest BCUT2D eigenvalue weighted by Gasteiger charge is -2.28. The lowest BCUT2D eigenvalue weighted by molar-refractivity contribution is 0.482. The van der Waals surface area contributed by atoms with Crippen LogP contribution in [0.15, 0.2) is 52.4 Å². The van der Waals surface area contributed by atoms with Gasteiger partial charge in [0, 0.05) is 5.56 Å². The fourth-order valence-corrected chi connectivity index (χ4v) is 3.06. The van der Waals surface area contributed by atoms with E-state index in [1.165, 1.54) is 17.7 Å². The van der Waals surface area contributed by atoms with Crippen LogP contribution in [0.1, 0.15) is 16.7 Å². The van der Waals surface area contributed by atoms with Crippen LogP contribution in [0, 0.1) is 18.7 Å². The Morgan fingerprint density at radius 2 is 1.91 bits per heavy atom. The molecule has 23 heavy (non-hydrogen) atoms. The number of benzene rings is 2. The zero-order valence-electron chi connectivity index (χ0n) is 12.4. The Kier molecular flexibility index (Phi) is 3.31. The number of fused-ring (bicyclic) bond motifs is 2. The Morgan fingerprint density at radius 1 is 1.13 bits per heavy atom. The predicted molar refractivity (Wildman–Crippen MR) is 92.0 cm³/mol. The van der Waals surface area contributed by atoms with Crippen molar-refractivity contribution in [2.24, 2.45) is 15.9 Å².